The molecule has 1 aliphatic rings. The minimum Gasteiger partial charge on any atom is -0.375 e. The summed E-state index contributed by atoms with van der Waals surface area (Å²) in [6.07, 6.45) is 2.33. The maximum Gasteiger partial charge on any atom is 0.311 e. The van der Waals surface area contributed by atoms with Crippen LogP contribution in [0.1, 0.15) is 6.42 Å². The molecule has 0 spiro atoms. The molecule has 0 saturated carbocycles. The quantitative estimate of drug-likeness (QED) is 0.489. The van der Waals surface area contributed by atoms with Gasteiger partial charge in [-0.05, 0) is 60.8 Å². The molecular formula is C14H15IN4O2. The lowest BCUT2D eigenvalue weighted by atomic mass is 10.1. The lowest BCUT2D eigenvalue weighted by Crippen LogP contribution is -2.24. The number of hydrogen-bond donors (Lipinski definition) is 1. The summed E-state index contributed by atoms with van der Waals surface area (Å²) in [5, 5.41) is 15.5. The molecule has 0 amide bonds. The normalized spacial score (nSPS) is 19.0. The molecule has 0 unspecified atom stereocenters. The van der Waals surface area contributed by atoms with E-state index in [-0.39, 0.29) is 16.7 Å². The molecule has 1 aromatic carbocycles. The average Bonchev–Trinajstić information content (AvgIpc) is 2.84. The van der Waals surface area contributed by atoms with Crippen molar-refractivity contribution >= 4 is 44.9 Å². The molecule has 110 valence electrons. The van der Waals surface area contributed by atoms with Crippen molar-refractivity contribution < 1.29 is 4.92 Å². The number of likely N-dealkylation sites (tertiary alicyclic amines) is 1. The molecule has 1 N–H and O–H groups in total. The van der Waals surface area contributed by atoms with Crippen LogP contribution in [0.25, 0.3) is 10.9 Å². The number of hydrogen-bond acceptors (Lipinski definition) is 5. The van der Waals surface area contributed by atoms with E-state index in [1.54, 1.807) is 0 Å². The van der Waals surface area contributed by atoms with Crippen molar-refractivity contribution in [1.29, 1.82) is 0 Å². The molecule has 7 heteroatoms. The molecule has 6 nitrogen and oxygen atoms in total. The number of anilines is 1. The van der Waals surface area contributed by atoms with Gasteiger partial charge in [-0.25, -0.2) is 4.98 Å². The number of halogens is 1. The standard InChI is InChI=1S/C14H15IN4O2/c1-18-5-4-10(8-18)17-14-11-6-9(15)2-3-12(11)16-7-13(14)19(20)21/h2-3,6-7,10H,4-5,8H2,1H3,(H,16,17)/t10-/m0/s1. The lowest BCUT2D eigenvalue weighted by molar-refractivity contribution is -0.384. The van der Waals surface area contributed by atoms with Gasteiger partial charge in [-0.2, -0.15) is 0 Å². The van der Waals surface area contributed by atoms with Crippen molar-refractivity contribution in [3.63, 3.8) is 0 Å². The minimum atomic E-state index is -0.368. The number of nitrogens with one attached hydrogen (secondary N) is 1. The highest BCUT2D eigenvalue weighted by atomic mass is 127. The van der Waals surface area contributed by atoms with Gasteiger partial charge in [0.05, 0.1) is 10.4 Å². The molecule has 1 atom stereocenters. The average molecular weight is 398 g/mol. The van der Waals surface area contributed by atoms with E-state index in [1.165, 1.54) is 6.20 Å². The number of pyridine rings is 1. The molecule has 2 heterocycles. The summed E-state index contributed by atoms with van der Waals surface area (Å²) < 4.78 is 1.04. The number of fused-ring (bicyclic) bond motifs is 1. The van der Waals surface area contributed by atoms with E-state index in [0.29, 0.717) is 5.69 Å². The number of nitrogens with zero attached hydrogens (tertiary/aromatic N) is 3. The Morgan fingerprint density at radius 3 is 3.00 bits per heavy atom. The number of nitro groups is 1. The number of benzene rings is 1. The fraction of sp³-hybridized carbons (Fsp3) is 0.357. The smallest absolute Gasteiger partial charge is 0.311 e. The Kier molecular flexibility index (Phi) is 3.94. The third kappa shape index (κ3) is 2.93. The first kappa shape index (κ1) is 14.5. The van der Waals surface area contributed by atoms with Crippen molar-refractivity contribution in [3.8, 4) is 0 Å². The largest absolute Gasteiger partial charge is 0.375 e. The Bertz CT molecular complexity index is 707. The number of likely N-dealkylation sites (N-methyl/N-ethyl adjacent to an activating group) is 1. The zero-order valence-electron chi connectivity index (χ0n) is 11.5. The van der Waals surface area contributed by atoms with Crippen LogP contribution in [-0.2, 0) is 0 Å². The molecule has 0 aliphatic carbocycles. The molecule has 1 fully saturated rings. The van der Waals surface area contributed by atoms with E-state index >= 15 is 0 Å². The summed E-state index contributed by atoms with van der Waals surface area (Å²) in [6, 6.07) is 6.02. The highest BCUT2D eigenvalue weighted by Crippen LogP contribution is 2.33. The molecular weight excluding hydrogens is 383 g/mol. The summed E-state index contributed by atoms with van der Waals surface area (Å²) in [7, 11) is 2.06. The van der Waals surface area contributed by atoms with Gasteiger partial charge >= 0.3 is 5.69 Å². The van der Waals surface area contributed by atoms with E-state index in [2.05, 4.69) is 44.8 Å². The van der Waals surface area contributed by atoms with Crippen LogP contribution >= 0.6 is 22.6 Å². The van der Waals surface area contributed by atoms with Crippen LogP contribution in [0, 0.1) is 13.7 Å². The van der Waals surface area contributed by atoms with Gasteiger partial charge in [0.2, 0.25) is 0 Å². The molecule has 2 aromatic rings. The monoisotopic (exact) mass is 398 g/mol. The van der Waals surface area contributed by atoms with Crippen molar-refractivity contribution in [3.05, 3.63) is 38.1 Å². The van der Waals surface area contributed by atoms with Crippen molar-refractivity contribution in [2.75, 3.05) is 25.5 Å². The first-order chi connectivity index (χ1) is 10.0. The van der Waals surface area contributed by atoms with Gasteiger partial charge in [-0.1, -0.05) is 0 Å². The van der Waals surface area contributed by atoms with Crippen molar-refractivity contribution in [2.24, 2.45) is 0 Å². The number of aromatic nitrogens is 1. The predicted octanol–water partition coefficient (Wildman–Crippen LogP) is 2.86. The van der Waals surface area contributed by atoms with Crippen LogP contribution in [0.5, 0.6) is 0 Å². The second-order valence-electron chi connectivity index (χ2n) is 5.33. The molecule has 21 heavy (non-hydrogen) atoms. The summed E-state index contributed by atoms with van der Waals surface area (Å²) in [5.41, 5.74) is 1.40. The van der Waals surface area contributed by atoms with E-state index in [0.717, 1.165) is 34.0 Å². The van der Waals surface area contributed by atoms with E-state index in [1.807, 2.05) is 18.2 Å². The maximum absolute atomic E-state index is 11.3. The Hall–Kier alpha value is -1.48. The maximum atomic E-state index is 11.3. The molecule has 3 rings (SSSR count). The third-order valence-electron chi connectivity index (χ3n) is 3.75. The summed E-state index contributed by atoms with van der Waals surface area (Å²) in [4.78, 5) is 17.4. The molecule has 1 saturated heterocycles. The minimum absolute atomic E-state index is 0.0408. The second-order valence-corrected chi connectivity index (χ2v) is 6.57. The summed E-state index contributed by atoms with van der Waals surface area (Å²) in [6.45, 7) is 1.90. The Morgan fingerprint density at radius 2 is 2.33 bits per heavy atom. The van der Waals surface area contributed by atoms with Crippen LogP contribution in [0.3, 0.4) is 0 Å². The van der Waals surface area contributed by atoms with Gasteiger partial charge in [0.1, 0.15) is 11.9 Å². The molecule has 1 aliphatic heterocycles. The van der Waals surface area contributed by atoms with Gasteiger partial charge in [-0.15, -0.1) is 0 Å². The molecule has 0 radical (unpaired) electrons. The topological polar surface area (TPSA) is 71.3 Å². The van der Waals surface area contributed by atoms with E-state index in [4.69, 9.17) is 0 Å². The lowest BCUT2D eigenvalue weighted by Gasteiger charge is -2.16. The van der Waals surface area contributed by atoms with E-state index < -0.39 is 0 Å². The zero-order chi connectivity index (χ0) is 15.0. The summed E-state index contributed by atoms with van der Waals surface area (Å²) >= 11 is 2.21. The second kappa shape index (κ2) is 5.72. The highest BCUT2D eigenvalue weighted by Gasteiger charge is 2.24. The Morgan fingerprint density at radius 1 is 1.52 bits per heavy atom. The van der Waals surface area contributed by atoms with Crippen molar-refractivity contribution in [2.45, 2.75) is 12.5 Å². The van der Waals surface area contributed by atoms with Gasteiger partial charge in [-0.3, -0.25) is 10.1 Å². The van der Waals surface area contributed by atoms with Crippen molar-refractivity contribution in [1.82, 2.24) is 9.88 Å². The fourth-order valence-corrected chi connectivity index (χ4v) is 3.19. The van der Waals surface area contributed by atoms with Crippen LogP contribution in [0.15, 0.2) is 24.4 Å². The van der Waals surface area contributed by atoms with Gasteiger partial charge in [0.15, 0.2) is 0 Å². The predicted molar refractivity (Wildman–Crippen MR) is 90.6 cm³/mol. The first-order valence-corrected chi connectivity index (χ1v) is 7.80. The SMILES string of the molecule is CN1CC[C@H](Nc2c([N+](=O)[O-])cnc3ccc(I)cc23)C1. The van der Waals surface area contributed by atoms with Gasteiger partial charge in [0, 0.05) is 21.5 Å². The highest BCUT2D eigenvalue weighted by molar-refractivity contribution is 14.1. The van der Waals surface area contributed by atoms with Crippen LogP contribution in [-0.4, -0.2) is 41.0 Å². The van der Waals surface area contributed by atoms with Gasteiger partial charge in [0.25, 0.3) is 0 Å². The third-order valence-corrected chi connectivity index (χ3v) is 4.42. The number of rotatable bonds is 3. The zero-order valence-corrected chi connectivity index (χ0v) is 13.7. The van der Waals surface area contributed by atoms with Crippen LogP contribution in [0.4, 0.5) is 11.4 Å². The van der Waals surface area contributed by atoms with E-state index in [9.17, 15) is 10.1 Å². The Balaban J connectivity index is 2.09. The van der Waals surface area contributed by atoms with Gasteiger partial charge < -0.3 is 10.2 Å². The molecule has 1 aromatic heterocycles. The molecule has 0 bridgehead atoms. The first-order valence-electron chi connectivity index (χ1n) is 6.72. The van der Waals surface area contributed by atoms with Crippen LogP contribution < -0.4 is 5.32 Å². The fourth-order valence-electron chi connectivity index (χ4n) is 2.70. The summed E-state index contributed by atoms with van der Waals surface area (Å²) in [5.74, 6) is 0. The van der Waals surface area contributed by atoms with Crippen LogP contribution in [0.2, 0.25) is 0 Å². The Labute approximate surface area is 135 Å².